The summed E-state index contributed by atoms with van der Waals surface area (Å²) in [6.45, 7) is 7.78. The summed E-state index contributed by atoms with van der Waals surface area (Å²) in [4.78, 5) is 4.32. The van der Waals surface area contributed by atoms with Crippen molar-refractivity contribution in [1.29, 1.82) is 0 Å². The van der Waals surface area contributed by atoms with Gasteiger partial charge in [-0.15, -0.1) is 0 Å². The van der Waals surface area contributed by atoms with Crippen LogP contribution in [0.15, 0.2) is 41.3 Å². The zero-order valence-corrected chi connectivity index (χ0v) is 14.9. The molecule has 3 nitrogen and oxygen atoms in total. The molecule has 5 heteroatoms. The van der Waals surface area contributed by atoms with Crippen molar-refractivity contribution in [3.05, 3.63) is 47.0 Å². The van der Waals surface area contributed by atoms with E-state index in [4.69, 9.17) is 9.31 Å². The van der Waals surface area contributed by atoms with Crippen LogP contribution in [0.2, 0.25) is 0 Å². The Bertz CT molecular complexity index is 639. The third-order valence-electron chi connectivity index (χ3n) is 5.33. The van der Waals surface area contributed by atoms with Gasteiger partial charge in [-0.1, -0.05) is 11.6 Å². The number of allylic oxidation sites excluding steroid dienone is 2. The highest BCUT2D eigenvalue weighted by molar-refractivity contribution is 6.53. The Hall–Kier alpha value is -1.46. The van der Waals surface area contributed by atoms with E-state index < -0.39 is 18.3 Å². The largest absolute Gasteiger partial charge is 0.525 e. The van der Waals surface area contributed by atoms with Gasteiger partial charge in [0.2, 0.25) is 0 Å². The summed E-state index contributed by atoms with van der Waals surface area (Å²) in [5, 5.41) is 0. The van der Waals surface area contributed by atoms with Gasteiger partial charge < -0.3 is 9.31 Å². The fraction of sp³-hybridized carbons (Fsp3) is 0.526. The molecule has 0 bridgehead atoms. The molecule has 0 spiro atoms. The summed E-state index contributed by atoms with van der Waals surface area (Å²) in [6.07, 6.45) is 7.06. The van der Waals surface area contributed by atoms with E-state index in [0.717, 1.165) is 24.1 Å². The summed E-state index contributed by atoms with van der Waals surface area (Å²) >= 11 is 0. The maximum Gasteiger partial charge on any atom is 0.525 e. The number of hydrogen-bond donors (Lipinski definition) is 0. The zero-order valence-electron chi connectivity index (χ0n) is 14.9. The first kappa shape index (κ1) is 17.4. The number of hydrogen-bond acceptors (Lipinski definition) is 3. The number of halogens is 1. The summed E-state index contributed by atoms with van der Waals surface area (Å²) in [5.74, 6) is 0. The Morgan fingerprint density at radius 2 is 1.71 bits per heavy atom. The van der Waals surface area contributed by atoms with Crippen molar-refractivity contribution in [2.45, 2.75) is 64.6 Å². The average molecular weight is 329 g/mol. The average Bonchev–Trinajstić information content (AvgIpc) is 2.76. The smallest absolute Gasteiger partial charge is 0.398 e. The zero-order chi connectivity index (χ0) is 17.4. The molecule has 2 aliphatic rings. The molecule has 0 radical (unpaired) electrons. The molecule has 2 fully saturated rings. The van der Waals surface area contributed by atoms with Crippen LogP contribution in [-0.2, 0) is 9.31 Å². The molecule has 24 heavy (non-hydrogen) atoms. The first-order valence-corrected chi connectivity index (χ1v) is 8.62. The molecule has 2 heterocycles. The van der Waals surface area contributed by atoms with Crippen LogP contribution in [0.25, 0.3) is 6.08 Å². The number of rotatable bonds is 2. The van der Waals surface area contributed by atoms with Crippen LogP contribution in [0, 0.1) is 0 Å². The first-order valence-electron chi connectivity index (χ1n) is 8.62. The monoisotopic (exact) mass is 329 g/mol. The second-order valence-corrected chi connectivity index (χ2v) is 7.60. The maximum atomic E-state index is 14.8. The fourth-order valence-corrected chi connectivity index (χ4v) is 3.04. The maximum absolute atomic E-state index is 14.8. The topological polar surface area (TPSA) is 31.4 Å². The van der Waals surface area contributed by atoms with Gasteiger partial charge in [-0.25, -0.2) is 4.39 Å². The summed E-state index contributed by atoms with van der Waals surface area (Å²) in [7, 11) is -0.869. The molecule has 0 amide bonds. The summed E-state index contributed by atoms with van der Waals surface area (Å²) in [6, 6.07) is 5.87. The van der Waals surface area contributed by atoms with Crippen molar-refractivity contribution >= 4 is 13.2 Å². The van der Waals surface area contributed by atoms with E-state index >= 15 is 0 Å². The van der Waals surface area contributed by atoms with Gasteiger partial charge in [0, 0.05) is 6.20 Å². The van der Waals surface area contributed by atoms with Crippen molar-refractivity contribution in [3.8, 4) is 0 Å². The standard InChI is InChI=1S/C19H25BFNO2/c1-18(2)19(3,4)24-20(23-18)17(21)15-10-8-14(9-11-15)13-16-7-5-6-12-22-16/h5-7,12-13H,8-11H2,1-4H3. The molecule has 0 atom stereocenters. The van der Waals surface area contributed by atoms with Gasteiger partial charge in [0.15, 0.2) is 0 Å². The molecule has 1 aromatic rings. The molecule has 1 aromatic heterocycles. The minimum atomic E-state index is -0.869. The quantitative estimate of drug-likeness (QED) is 0.724. The number of pyridine rings is 1. The fourth-order valence-electron chi connectivity index (χ4n) is 3.04. The van der Waals surface area contributed by atoms with Gasteiger partial charge in [-0.2, -0.15) is 0 Å². The SMILES string of the molecule is CC1(C)OB(C(F)=C2CCC(=Cc3ccccn3)CC2)OC1(C)C. The van der Waals surface area contributed by atoms with Gasteiger partial charge in [-0.05, 0) is 77.2 Å². The molecule has 128 valence electrons. The molecular formula is C19H25BFNO2. The third kappa shape index (κ3) is 3.47. The van der Waals surface area contributed by atoms with Crippen LogP contribution < -0.4 is 0 Å². The van der Waals surface area contributed by atoms with Crippen LogP contribution in [0.5, 0.6) is 0 Å². The lowest BCUT2D eigenvalue weighted by atomic mass is 9.79. The highest BCUT2D eigenvalue weighted by Crippen LogP contribution is 2.41. The molecule has 0 aromatic carbocycles. The molecular weight excluding hydrogens is 304 g/mol. The molecule has 1 aliphatic heterocycles. The van der Waals surface area contributed by atoms with Gasteiger partial charge in [0.25, 0.3) is 0 Å². The Kier molecular flexibility index (Phi) is 4.67. The Morgan fingerprint density at radius 1 is 1.08 bits per heavy atom. The van der Waals surface area contributed by atoms with E-state index in [1.165, 1.54) is 5.57 Å². The number of aromatic nitrogens is 1. The van der Waals surface area contributed by atoms with Gasteiger partial charge >= 0.3 is 7.12 Å². The van der Waals surface area contributed by atoms with Crippen molar-refractivity contribution in [2.75, 3.05) is 0 Å². The van der Waals surface area contributed by atoms with Gasteiger partial charge in [0.05, 0.1) is 16.9 Å². The van der Waals surface area contributed by atoms with E-state index in [1.54, 1.807) is 6.20 Å². The first-order chi connectivity index (χ1) is 11.3. The lowest BCUT2D eigenvalue weighted by Gasteiger charge is -2.32. The van der Waals surface area contributed by atoms with E-state index in [9.17, 15) is 4.39 Å². The van der Waals surface area contributed by atoms with Crippen LogP contribution in [0.3, 0.4) is 0 Å². The molecule has 1 saturated carbocycles. The highest BCUT2D eigenvalue weighted by atomic mass is 19.1. The number of nitrogens with zero attached hydrogens (tertiary/aromatic N) is 1. The minimum Gasteiger partial charge on any atom is -0.398 e. The lowest BCUT2D eigenvalue weighted by molar-refractivity contribution is 0.00578. The van der Waals surface area contributed by atoms with Gasteiger partial charge in [0.1, 0.15) is 5.73 Å². The van der Waals surface area contributed by atoms with Crippen LogP contribution >= 0.6 is 0 Å². The Morgan fingerprint density at radius 3 is 2.25 bits per heavy atom. The second-order valence-electron chi connectivity index (χ2n) is 7.60. The Labute approximate surface area is 144 Å². The lowest BCUT2D eigenvalue weighted by Crippen LogP contribution is -2.41. The van der Waals surface area contributed by atoms with Crippen LogP contribution in [0.4, 0.5) is 4.39 Å². The van der Waals surface area contributed by atoms with Crippen molar-refractivity contribution in [3.63, 3.8) is 0 Å². The normalized spacial score (nSPS) is 22.6. The van der Waals surface area contributed by atoms with Crippen molar-refractivity contribution < 1.29 is 13.7 Å². The molecule has 0 N–H and O–H groups in total. The Balaban J connectivity index is 1.68. The third-order valence-corrected chi connectivity index (χ3v) is 5.33. The summed E-state index contributed by atoms with van der Waals surface area (Å²) < 4.78 is 26.5. The van der Waals surface area contributed by atoms with E-state index in [-0.39, 0.29) is 5.73 Å². The molecule has 3 rings (SSSR count). The van der Waals surface area contributed by atoms with E-state index in [0.29, 0.717) is 12.8 Å². The van der Waals surface area contributed by atoms with Crippen molar-refractivity contribution in [1.82, 2.24) is 4.98 Å². The van der Waals surface area contributed by atoms with E-state index in [1.807, 2.05) is 45.9 Å². The molecule has 0 unspecified atom stereocenters. The van der Waals surface area contributed by atoms with E-state index in [2.05, 4.69) is 11.1 Å². The van der Waals surface area contributed by atoms with Crippen LogP contribution in [0.1, 0.15) is 59.1 Å². The van der Waals surface area contributed by atoms with Crippen LogP contribution in [-0.4, -0.2) is 23.3 Å². The minimum absolute atomic E-state index is 0.231. The predicted molar refractivity (Wildman–Crippen MR) is 94.9 cm³/mol. The second kappa shape index (κ2) is 6.45. The predicted octanol–water partition coefficient (Wildman–Crippen LogP) is 4.89. The summed E-state index contributed by atoms with van der Waals surface area (Å²) in [5.41, 5.74) is 1.87. The highest BCUT2D eigenvalue weighted by Gasteiger charge is 2.53. The molecule has 1 saturated heterocycles. The van der Waals surface area contributed by atoms with Gasteiger partial charge in [-0.3, -0.25) is 4.98 Å². The van der Waals surface area contributed by atoms with Crippen molar-refractivity contribution in [2.24, 2.45) is 0 Å². The molecule has 1 aliphatic carbocycles.